The number of ether oxygens (including phenoxy) is 1. The van der Waals surface area contributed by atoms with Crippen molar-refractivity contribution < 1.29 is 19.7 Å². The van der Waals surface area contributed by atoms with Crippen LogP contribution in [0.5, 0.6) is 0 Å². The van der Waals surface area contributed by atoms with Crippen molar-refractivity contribution in [2.24, 2.45) is 0 Å². The first-order chi connectivity index (χ1) is 7.07. The maximum Gasteiger partial charge on any atom is 0.334 e. The Bertz CT molecular complexity index is 168. The van der Waals surface area contributed by atoms with Gasteiger partial charge in [0.2, 0.25) is 0 Å². The van der Waals surface area contributed by atoms with Crippen molar-refractivity contribution in [1.29, 1.82) is 0 Å². The molecular formula is C11H22O4. The predicted octanol–water partition coefficient (Wildman–Crippen LogP) is 1.24. The molecule has 0 aliphatic rings. The summed E-state index contributed by atoms with van der Waals surface area (Å²) in [4.78, 5) is 10.8. The fourth-order valence-corrected chi connectivity index (χ4v) is 1.19. The minimum atomic E-state index is -1.08. The van der Waals surface area contributed by atoms with Crippen LogP contribution in [0.3, 0.4) is 0 Å². The molecule has 0 saturated heterocycles. The van der Waals surface area contributed by atoms with Crippen molar-refractivity contribution in [1.82, 2.24) is 0 Å². The molecule has 2 unspecified atom stereocenters. The zero-order chi connectivity index (χ0) is 11.7. The minimum Gasteiger partial charge on any atom is -0.464 e. The first kappa shape index (κ1) is 14.4. The average Bonchev–Trinajstić information content (AvgIpc) is 2.18. The number of aliphatic hydroxyl groups is 2. The molecule has 0 aromatic heterocycles. The van der Waals surface area contributed by atoms with Gasteiger partial charge in [0, 0.05) is 6.42 Å². The van der Waals surface area contributed by atoms with E-state index in [1.807, 2.05) is 0 Å². The van der Waals surface area contributed by atoms with Crippen LogP contribution in [0.2, 0.25) is 0 Å². The first-order valence-corrected chi connectivity index (χ1v) is 5.60. The Morgan fingerprint density at radius 2 is 1.93 bits per heavy atom. The van der Waals surface area contributed by atoms with Gasteiger partial charge in [-0.25, -0.2) is 4.79 Å². The molecule has 0 amide bonds. The lowest BCUT2D eigenvalue weighted by atomic mass is 10.1. The number of esters is 1. The number of rotatable bonds is 8. The van der Waals surface area contributed by atoms with Crippen molar-refractivity contribution in [3.63, 3.8) is 0 Å². The molecule has 0 bridgehead atoms. The number of carbonyl (C=O) groups excluding carboxylic acids is 1. The molecule has 4 heteroatoms. The number of hydrogen-bond donors (Lipinski definition) is 2. The lowest BCUT2D eigenvalue weighted by molar-refractivity contribution is -0.153. The Morgan fingerprint density at radius 3 is 2.47 bits per heavy atom. The molecule has 0 aromatic rings. The van der Waals surface area contributed by atoms with Crippen LogP contribution in [0.4, 0.5) is 0 Å². The van der Waals surface area contributed by atoms with Crippen molar-refractivity contribution in [2.45, 2.75) is 58.2 Å². The van der Waals surface area contributed by atoms with Gasteiger partial charge >= 0.3 is 5.97 Å². The van der Waals surface area contributed by atoms with Gasteiger partial charge in [-0.05, 0) is 13.3 Å². The highest BCUT2D eigenvalue weighted by atomic mass is 16.5. The normalized spacial score (nSPS) is 14.7. The van der Waals surface area contributed by atoms with Gasteiger partial charge in [0.1, 0.15) is 6.10 Å². The summed E-state index contributed by atoms with van der Waals surface area (Å²) in [5.74, 6) is -0.629. The van der Waals surface area contributed by atoms with Gasteiger partial charge in [-0.15, -0.1) is 0 Å². The molecule has 15 heavy (non-hydrogen) atoms. The summed E-state index contributed by atoms with van der Waals surface area (Å²) in [6, 6.07) is 0. The fraction of sp³-hybridized carbons (Fsp3) is 0.909. The van der Waals surface area contributed by atoms with Crippen LogP contribution >= 0.6 is 0 Å². The third kappa shape index (κ3) is 8.39. The molecule has 0 radical (unpaired) electrons. The highest BCUT2D eigenvalue weighted by molar-refractivity contribution is 5.73. The Hall–Kier alpha value is -0.610. The quantitative estimate of drug-likeness (QED) is 0.475. The van der Waals surface area contributed by atoms with Gasteiger partial charge < -0.3 is 14.9 Å². The van der Waals surface area contributed by atoms with E-state index >= 15 is 0 Å². The predicted molar refractivity (Wildman–Crippen MR) is 57.4 cm³/mol. The number of unbranched alkanes of at least 4 members (excludes halogenated alkanes) is 2. The number of aliphatic hydroxyl groups excluding tert-OH is 2. The Kier molecular flexibility index (Phi) is 8.33. The largest absolute Gasteiger partial charge is 0.464 e. The van der Waals surface area contributed by atoms with Crippen LogP contribution in [0, 0.1) is 0 Å². The van der Waals surface area contributed by atoms with E-state index in [-0.39, 0.29) is 6.61 Å². The van der Waals surface area contributed by atoms with E-state index in [1.54, 1.807) is 0 Å². The van der Waals surface area contributed by atoms with Crippen LogP contribution in [0.15, 0.2) is 0 Å². The zero-order valence-corrected chi connectivity index (χ0v) is 9.61. The second kappa shape index (κ2) is 8.68. The molecule has 0 saturated carbocycles. The van der Waals surface area contributed by atoms with Gasteiger partial charge in [0.25, 0.3) is 0 Å². The zero-order valence-electron chi connectivity index (χ0n) is 9.61. The maximum absolute atomic E-state index is 10.8. The smallest absolute Gasteiger partial charge is 0.334 e. The summed E-state index contributed by atoms with van der Waals surface area (Å²) in [6.45, 7) is 3.65. The summed E-state index contributed by atoms with van der Waals surface area (Å²) in [5, 5.41) is 18.3. The third-order valence-corrected chi connectivity index (χ3v) is 2.18. The summed E-state index contributed by atoms with van der Waals surface area (Å²) in [6.07, 6.45) is 2.96. The monoisotopic (exact) mass is 218 g/mol. The van der Waals surface area contributed by atoms with E-state index < -0.39 is 18.2 Å². The molecule has 2 N–H and O–H groups in total. The van der Waals surface area contributed by atoms with Gasteiger partial charge in [0.15, 0.2) is 0 Å². The summed E-state index contributed by atoms with van der Waals surface area (Å²) in [5.41, 5.74) is 0. The van der Waals surface area contributed by atoms with Crippen molar-refractivity contribution in [3.8, 4) is 0 Å². The first-order valence-electron chi connectivity index (χ1n) is 5.60. The topological polar surface area (TPSA) is 66.8 Å². The van der Waals surface area contributed by atoms with Crippen LogP contribution < -0.4 is 0 Å². The SMILES string of the molecule is CCCCCC(O)CCOC(=O)C(C)O. The van der Waals surface area contributed by atoms with Crippen LogP contribution in [-0.2, 0) is 9.53 Å². The molecule has 4 nitrogen and oxygen atoms in total. The van der Waals surface area contributed by atoms with Gasteiger partial charge in [-0.1, -0.05) is 26.2 Å². The highest BCUT2D eigenvalue weighted by Crippen LogP contribution is 2.06. The highest BCUT2D eigenvalue weighted by Gasteiger charge is 2.11. The van der Waals surface area contributed by atoms with E-state index in [9.17, 15) is 9.90 Å². The van der Waals surface area contributed by atoms with Gasteiger partial charge in [0.05, 0.1) is 12.7 Å². The summed E-state index contributed by atoms with van der Waals surface area (Å²) in [7, 11) is 0. The van der Waals surface area contributed by atoms with E-state index in [0.29, 0.717) is 6.42 Å². The molecule has 0 aromatic carbocycles. The molecule has 0 fully saturated rings. The number of carbonyl (C=O) groups is 1. The Balaban J connectivity index is 3.38. The van der Waals surface area contributed by atoms with Gasteiger partial charge in [-0.2, -0.15) is 0 Å². The molecule has 0 heterocycles. The van der Waals surface area contributed by atoms with Crippen LogP contribution in [-0.4, -0.2) is 35.0 Å². The standard InChI is InChI=1S/C11H22O4/c1-3-4-5-6-10(13)7-8-15-11(14)9(2)12/h9-10,12-13H,3-8H2,1-2H3. The minimum absolute atomic E-state index is 0.178. The molecule has 2 atom stereocenters. The second-order valence-electron chi connectivity index (χ2n) is 3.78. The molecule has 0 aliphatic carbocycles. The Morgan fingerprint density at radius 1 is 1.27 bits per heavy atom. The number of hydrogen-bond acceptors (Lipinski definition) is 4. The Labute approximate surface area is 91.3 Å². The molecule has 0 spiro atoms. The maximum atomic E-state index is 10.8. The molecule has 0 rings (SSSR count). The summed E-state index contributed by atoms with van der Waals surface area (Å²) < 4.78 is 4.73. The second-order valence-corrected chi connectivity index (χ2v) is 3.78. The van der Waals surface area contributed by atoms with Crippen molar-refractivity contribution in [3.05, 3.63) is 0 Å². The van der Waals surface area contributed by atoms with E-state index in [2.05, 4.69) is 6.92 Å². The fourth-order valence-electron chi connectivity index (χ4n) is 1.19. The van der Waals surface area contributed by atoms with Gasteiger partial charge in [-0.3, -0.25) is 0 Å². The molecule has 90 valence electrons. The lowest BCUT2D eigenvalue weighted by Crippen LogP contribution is -2.21. The lowest BCUT2D eigenvalue weighted by Gasteiger charge is -2.11. The van der Waals surface area contributed by atoms with E-state index in [0.717, 1.165) is 25.7 Å². The van der Waals surface area contributed by atoms with E-state index in [1.165, 1.54) is 6.92 Å². The molecular weight excluding hydrogens is 196 g/mol. The third-order valence-electron chi connectivity index (χ3n) is 2.18. The van der Waals surface area contributed by atoms with Crippen molar-refractivity contribution >= 4 is 5.97 Å². The molecule has 0 aliphatic heterocycles. The van der Waals surface area contributed by atoms with E-state index in [4.69, 9.17) is 9.84 Å². The average molecular weight is 218 g/mol. The summed E-state index contributed by atoms with van der Waals surface area (Å²) >= 11 is 0. The van der Waals surface area contributed by atoms with Crippen LogP contribution in [0.25, 0.3) is 0 Å². The van der Waals surface area contributed by atoms with Crippen LogP contribution in [0.1, 0.15) is 46.0 Å². The van der Waals surface area contributed by atoms with Crippen molar-refractivity contribution in [2.75, 3.05) is 6.61 Å².